The van der Waals surface area contributed by atoms with Gasteiger partial charge in [0.15, 0.2) is 0 Å². The zero-order chi connectivity index (χ0) is 10.6. The summed E-state index contributed by atoms with van der Waals surface area (Å²) in [5.41, 5.74) is 0.151. The van der Waals surface area contributed by atoms with Crippen molar-refractivity contribution in [2.45, 2.75) is 13.3 Å². The van der Waals surface area contributed by atoms with Crippen LogP contribution < -0.4 is 0 Å². The SMILES string of the molecule is CC(C#N)(CO)Cc1ccccc1Cl. The van der Waals surface area contributed by atoms with Crippen LogP contribution in [0.25, 0.3) is 0 Å². The Kier molecular flexibility index (Phi) is 3.51. The van der Waals surface area contributed by atoms with Gasteiger partial charge >= 0.3 is 0 Å². The fourth-order valence-electron chi connectivity index (χ4n) is 1.19. The second kappa shape index (κ2) is 4.45. The van der Waals surface area contributed by atoms with E-state index in [9.17, 15) is 0 Å². The van der Waals surface area contributed by atoms with E-state index < -0.39 is 5.41 Å². The van der Waals surface area contributed by atoms with Crippen molar-refractivity contribution in [3.05, 3.63) is 34.9 Å². The van der Waals surface area contributed by atoms with Crippen LogP contribution >= 0.6 is 11.6 Å². The lowest BCUT2D eigenvalue weighted by atomic mass is 9.86. The number of nitriles is 1. The van der Waals surface area contributed by atoms with Crippen molar-refractivity contribution >= 4 is 11.6 Å². The Hall–Kier alpha value is -1.04. The van der Waals surface area contributed by atoms with Gasteiger partial charge in [-0.25, -0.2) is 0 Å². The molecule has 0 heterocycles. The quantitative estimate of drug-likeness (QED) is 0.831. The van der Waals surface area contributed by atoms with Crippen molar-refractivity contribution in [1.29, 1.82) is 5.26 Å². The number of hydrogen-bond acceptors (Lipinski definition) is 2. The lowest BCUT2D eigenvalue weighted by Gasteiger charge is -2.18. The zero-order valence-electron chi connectivity index (χ0n) is 8.00. The van der Waals surface area contributed by atoms with Gasteiger partial charge in [0.05, 0.1) is 18.1 Å². The summed E-state index contributed by atoms with van der Waals surface area (Å²) in [6, 6.07) is 9.46. The molecule has 1 atom stereocenters. The first kappa shape index (κ1) is 11.0. The number of halogens is 1. The molecule has 0 aromatic heterocycles. The number of benzene rings is 1. The fraction of sp³-hybridized carbons (Fsp3) is 0.364. The number of rotatable bonds is 3. The van der Waals surface area contributed by atoms with E-state index in [-0.39, 0.29) is 6.61 Å². The summed E-state index contributed by atoms with van der Waals surface area (Å²) in [4.78, 5) is 0. The van der Waals surface area contributed by atoms with Crippen molar-refractivity contribution in [1.82, 2.24) is 0 Å². The van der Waals surface area contributed by atoms with Crippen LogP contribution in [0.3, 0.4) is 0 Å². The van der Waals surface area contributed by atoms with Gasteiger partial charge in [-0.2, -0.15) is 5.26 Å². The monoisotopic (exact) mass is 209 g/mol. The van der Waals surface area contributed by atoms with E-state index >= 15 is 0 Å². The topological polar surface area (TPSA) is 44.0 Å². The highest BCUT2D eigenvalue weighted by molar-refractivity contribution is 6.31. The molecule has 1 aromatic carbocycles. The summed E-state index contributed by atoms with van der Waals surface area (Å²) in [6.07, 6.45) is 0.472. The molecule has 1 N–H and O–H groups in total. The van der Waals surface area contributed by atoms with Gasteiger partial charge in [0.25, 0.3) is 0 Å². The lowest BCUT2D eigenvalue weighted by molar-refractivity contribution is 0.190. The third-order valence-electron chi connectivity index (χ3n) is 2.16. The third-order valence-corrected chi connectivity index (χ3v) is 2.53. The third kappa shape index (κ3) is 2.47. The van der Waals surface area contributed by atoms with Gasteiger partial charge < -0.3 is 5.11 Å². The molecule has 0 saturated carbocycles. The summed E-state index contributed by atoms with van der Waals surface area (Å²) < 4.78 is 0. The van der Waals surface area contributed by atoms with Gasteiger partial charge in [-0.05, 0) is 25.0 Å². The first-order chi connectivity index (χ1) is 6.61. The van der Waals surface area contributed by atoms with Gasteiger partial charge in [-0.3, -0.25) is 0 Å². The summed E-state index contributed by atoms with van der Waals surface area (Å²) in [7, 11) is 0. The minimum absolute atomic E-state index is 0.158. The van der Waals surface area contributed by atoms with Crippen LogP contribution in [0.4, 0.5) is 0 Å². The van der Waals surface area contributed by atoms with E-state index in [0.29, 0.717) is 11.4 Å². The number of hydrogen-bond donors (Lipinski definition) is 1. The van der Waals surface area contributed by atoms with Crippen molar-refractivity contribution < 1.29 is 5.11 Å². The second-order valence-corrected chi connectivity index (χ2v) is 4.01. The van der Waals surface area contributed by atoms with Crippen LogP contribution in [0.1, 0.15) is 12.5 Å². The van der Waals surface area contributed by atoms with Crippen LogP contribution in [0.2, 0.25) is 5.02 Å². The molecule has 0 spiro atoms. The average molecular weight is 210 g/mol. The highest BCUT2D eigenvalue weighted by Gasteiger charge is 2.24. The molecule has 1 rings (SSSR count). The molecule has 1 unspecified atom stereocenters. The molecule has 0 aliphatic rings. The molecule has 0 bridgehead atoms. The molecule has 0 fully saturated rings. The fourth-order valence-corrected chi connectivity index (χ4v) is 1.40. The molecule has 0 aliphatic heterocycles. The van der Waals surface area contributed by atoms with Crippen LogP contribution in [-0.4, -0.2) is 11.7 Å². The minimum Gasteiger partial charge on any atom is -0.395 e. The number of aliphatic hydroxyl groups is 1. The van der Waals surface area contributed by atoms with Gasteiger partial charge in [0, 0.05) is 5.02 Å². The number of nitrogens with zero attached hydrogens (tertiary/aromatic N) is 1. The Morgan fingerprint density at radius 2 is 2.14 bits per heavy atom. The smallest absolute Gasteiger partial charge is 0.0816 e. The highest BCUT2D eigenvalue weighted by Crippen LogP contribution is 2.25. The van der Waals surface area contributed by atoms with E-state index in [1.165, 1.54) is 0 Å². The van der Waals surface area contributed by atoms with E-state index in [4.69, 9.17) is 22.0 Å². The van der Waals surface area contributed by atoms with E-state index in [0.717, 1.165) is 5.56 Å². The molecule has 0 saturated heterocycles. The Balaban J connectivity index is 2.89. The molecule has 74 valence electrons. The highest BCUT2D eigenvalue weighted by atomic mass is 35.5. The maximum atomic E-state index is 9.07. The Bertz CT molecular complexity index is 359. The second-order valence-electron chi connectivity index (χ2n) is 3.60. The summed E-state index contributed by atoms with van der Waals surface area (Å²) in [5, 5.41) is 18.6. The summed E-state index contributed by atoms with van der Waals surface area (Å²) in [6.45, 7) is 1.56. The van der Waals surface area contributed by atoms with Crippen LogP contribution in [0, 0.1) is 16.7 Å². The molecular formula is C11H12ClNO. The molecule has 3 heteroatoms. The Morgan fingerprint density at radius 1 is 1.50 bits per heavy atom. The predicted octanol–water partition coefficient (Wildman–Crippen LogP) is 2.40. The number of aliphatic hydroxyl groups excluding tert-OH is 1. The molecule has 1 aromatic rings. The summed E-state index contributed by atoms with van der Waals surface area (Å²) in [5.74, 6) is 0. The minimum atomic E-state index is -0.745. The van der Waals surface area contributed by atoms with Crippen molar-refractivity contribution in [2.75, 3.05) is 6.61 Å². The standard InChI is InChI=1S/C11H12ClNO/c1-11(7-13,8-14)6-9-4-2-3-5-10(9)12/h2-5,14H,6,8H2,1H3. The van der Waals surface area contributed by atoms with Gasteiger partial charge in [0.1, 0.15) is 0 Å². The van der Waals surface area contributed by atoms with Crippen LogP contribution in [0.15, 0.2) is 24.3 Å². The van der Waals surface area contributed by atoms with E-state index in [1.54, 1.807) is 13.0 Å². The zero-order valence-corrected chi connectivity index (χ0v) is 8.75. The van der Waals surface area contributed by atoms with Crippen LogP contribution in [0.5, 0.6) is 0 Å². The van der Waals surface area contributed by atoms with E-state index in [2.05, 4.69) is 6.07 Å². The summed E-state index contributed by atoms with van der Waals surface area (Å²) >= 11 is 5.95. The molecule has 0 aliphatic carbocycles. The lowest BCUT2D eigenvalue weighted by Crippen LogP contribution is -2.22. The first-order valence-electron chi connectivity index (χ1n) is 4.37. The Morgan fingerprint density at radius 3 is 2.64 bits per heavy atom. The first-order valence-corrected chi connectivity index (χ1v) is 4.74. The maximum Gasteiger partial charge on any atom is 0.0816 e. The van der Waals surface area contributed by atoms with Crippen molar-refractivity contribution in [3.8, 4) is 6.07 Å². The van der Waals surface area contributed by atoms with Gasteiger partial charge in [-0.15, -0.1) is 0 Å². The van der Waals surface area contributed by atoms with Gasteiger partial charge in [-0.1, -0.05) is 29.8 Å². The largest absolute Gasteiger partial charge is 0.395 e. The molecule has 14 heavy (non-hydrogen) atoms. The molecule has 0 radical (unpaired) electrons. The maximum absolute atomic E-state index is 9.07. The average Bonchev–Trinajstić information content (AvgIpc) is 2.21. The van der Waals surface area contributed by atoms with E-state index in [1.807, 2.05) is 18.2 Å². The molecule has 2 nitrogen and oxygen atoms in total. The van der Waals surface area contributed by atoms with Crippen molar-refractivity contribution in [3.63, 3.8) is 0 Å². The molecular weight excluding hydrogens is 198 g/mol. The van der Waals surface area contributed by atoms with Gasteiger partial charge in [0.2, 0.25) is 0 Å². The predicted molar refractivity (Wildman–Crippen MR) is 56.0 cm³/mol. The van der Waals surface area contributed by atoms with Crippen LogP contribution in [-0.2, 0) is 6.42 Å². The molecule has 0 amide bonds. The Labute approximate surface area is 88.7 Å². The van der Waals surface area contributed by atoms with Crippen molar-refractivity contribution in [2.24, 2.45) is 5.41 Å². The normalized spacial score (nSPS) is 14.4.